The molecule has 1 aliphatic rings. The Labute approximate surface area is 154 Å². The van der Waals surface area contributed by atoms with Crippen LogP contribution in [0.2, 0.25) is 0 Å². The maximum atomic E-state index is 13.2. The molecule has 1 N–H and O–H groups in total. The number of alkyl halides is 3. The second kappa shape index (κ2) is 7.81. The Kier molecular flexibility index (Phi) is 5.92. The van der Waals surface area contributed by atoms with Crippen molar-refractivity contribution >= 4 is 23.4 Å². The van der Waals surface area contributed by atoms with Crippen LogP contribution in [0.3, 0.4) is 0 Å². The van der Waals surface area contributed by atoms with E-state index in [0.29, 0.717) is 0 Å². The molecule has 0 aromatic heterocycles. The summed E-state index contributed by atoms with van der Waals surface area (Å²) >= 11 is 0. The van der Waals surface area contributed by atoms with Crippen molar-refractivity contribution in [1.29, 1.82) is 0 Å². The lowest BCUT2D eigenvalue weighted by molar-refractivity contribution is -0.137. The minimum atomic E-state index is -4.66. The zero-order valence-corrected chi connectivity index (χ0v) is 15.0. The maximum Gasteiger partial charge on any atom is 0.416 e. The van der Waals surface area contributed by atoms with E-state index in [9.17, 15) is 27.6 Å². The van der Waals surface area contributed by atoms with E-state index in [1.54, 1.807) is 6.92 Å². The van der Waals surface area contributed by atoms with Crippen LogP contribution < -0.4 is 5.32 Å². The Bertz CT molecular complexity index is 777. The van der Waals surface area contributed by atoms with Crippen LogP contribution in [-0.4, -0.2) is 53.2 Å². The lowest BCUT2D eigenvalue weighted by Crippen LogP contribution is -2.55. The van der Waals surface area contributed by atoms with Crippen LogP contribution in [0, 0.1) is 0 Å². The number of amides is 3. The number of halogens is 3. The molecule has 1 aromatic rings. The van der Waals surface area contributed by atoms with Gasteiger partial charge in [-0.15, -0.1) is 0 Å². The highest BCUT2D eigenvalue weighted by molar-refractivity contribution is 5.97. The summed E-state index contributed by atoms with van der Waals surface area (Å²) in [4.78, 5) is 38.6. The standard InChI is InChI=1S/C18H20F3N3O3/c1-4-16(26)23-5-6-24(11(2)10-23)17(27)13-7-14(18(19,20)21)9-15(8-13)22-12(3)25/h4,7-9,11H,1,5-6,10H2,2-3H3,(H,22,25)/t11-/m0/s1. The summed E-state index contributed by atoms with van der Waals surface area (Å²) < 4.78 is 39.5. The quantitative estimate of drug-likeness (QED) is 0.816. The summed E-state index contributed by atoms with van der Waals surface area (Å²) in [6.45, 7) is 7.00. The molecule has 2 rings (SSSR count). The molecule has 0 radical (unpaired) electrons. The molecule has 0 saturated carbocycles. The van der Waals surface area contributed by atoms with Gasteiger partial charge >= 0.3 is 6.18 Å². The Morgan fingerprint density at radius 1 is 1.22 bits per heavy atom. The number of carbonyl (C=O) groups is 3. The number of nitrogens with one attached hydrogen (secondary N) is 1. The molecular weight excluding hydrogens is 363 g/mol. The lowest BCUT2D eigenvalue weighted by Gasteiger charge is -2.39. The largest absolute Gasteiger partial charge is 0.416 e. The summed E-state index contributed by atoms with van der Waals surface area (Å²) in [5.41, 5.74) is -1.30. The predicted molar refractivity (Wildman–Crippen MR) is 93.0 cm³/mol. The smallest absolute Gasteiger partial charge is 0.335 e. The van der Waals surface area contributed by atoms with Gasteiger partial charge in [0.1, 0.15) is 0 Å². The van der Waals surface area contributed by atoms with Gasteiger partial charge in [0.15, 0.2) is 0 Å². The average molecular weight is 383 g/mol. The normalized spacial score (nSPS) is 17.4. The molecule has 9 heteroatoms. The molecule has 1 saturated heterocycles. The SMILES string of the molecule is C=CC(=O)N1CCN(C(=O)c2cc(NC(C)=O)cc(C(F)(F)F)c2)[C@@H](C)C1. The molecule has 1 fully saturated rings. The third-order valence-electron chi connectivity index (χ3n) is 4.20. The third-order valence-corrected chi connectivity index (χ3v) is 4.20. The average Bonchev–Trinajstić information content (AvgIpc) is 2.58. The summed E-state index contributed by atoms with van der Waals surface area (Å²) in [7, 11) is 0. The van der Waals surface area contributed by atoms with Gasteiger partial charge in [-0.25, -0.2) is 0 Å². The van der Waals surface area contributed by atoms with Gasteiger partial charge in [-0.2, -0.15) is 13.2 Å². The molecule has 0 aliphatic carbocycles. The molecule has 6 nitrogen and oxygen atoms in total. The molecule has 1 atom stereocenters. The summed E-state index contributed by atoms with van der Waals surface area (Å²) in [6, 6.07) is 2.38. The van der Waals surface area contributed by atoms with E-state index in [-0.39, 0.29) is 42.8 Å². The van der Waals surface area contributed by atoms with Gasteiger partial charge in [0.25, 0.3) is 5.91 Å². The van der Waals surface area contributed by atoms with Gasteiger partial charge in [0.2, 0.25) is 11.8 Å². The number of rotatable bonds is 3. The number of piperazine rings is 1. The summed E-state index contributed by atoms with van der Waals surface area (Å²) in [6.07, 6.45) is -3.49. The first-order valence-corrected chi connectivity index (χ1v) is 8.25. The number of nitrogens with zero attached hydrogens (tertiary/aromatic N) is 2. The van der Waals surface area contributed by atoms with Crippen molar-refractivity contribution in [3.63, 3.8) is 0 Å². The molecule has 1 aliphatic heterocycles. The van der Waals surface area contributed by atoms with Crippen molar-refractivity contribution < 1.29 is 27.6 Å². The first-order valence-electron chi connectivity index (χ1n) is 8.25. The van der Waals surface area contributed by atoms with E-state index in [4.69, 9.17) is 0 Å². The number of hydrogen-bond donors (Lipinski definition) is 1. The number of hydrogen-bond acceptors (Lipinski definition) is 3. The Morgan fingerprint density at radius 2 is 1.89 bits per heavy atom. The molecule has 0 unspecified atom stereocenters. The zero-order valence-electron chi connectivity index (χ0n) is 15.0. The second-order valence-electron chi connectivity index (χ2n) is 6.31. The summed E-state index contributed by atoms with van der Waals surface area (Å²) in [5.74, 6) is -1.40. The van der Waals surface area contributed by atoms with Crippen molar-refractivity contribution in [2.45, 2.75) is 26.1 Å². The van der Waals surface area contributed by atoms with E-state index >= 15 is 0 Å². The Morgan fingerprint density at radius 3 is 2.41 bits per heavy atom. The van der Waals surface area contributed by atoms with Gasteiger partial charge in [-0.05, 0) is 31.2 Å². The molecule has 146 valence electrons. The van der Waals surface area contributed by atoms with Crippen molar-refractivity contribution in [2.75, 3.05) is 25.0 Å². The maximum absolute atomic E-state index is 13.2. The van der Waals surface area contributed by atoms with Crippen LogP contribution in [0.4, 0.5) is 18.9 Å². The fourth-order valence-corrected chi connectivity index (χ4v) is 2.94. The van der Waals surface area contributed by atoms with E-state index in [1.165, 1.54) is 28.9 Å². The van der Waals surface area contributed by atoms with E-state index in [2.05, 4.69) is 11.9 Å². The van der Waals surface area contributed by atoms with E-state index < -0.39 is 23.6 Å². The van der Waals surface area contributed by atoms with Crippen LogP contribution in [-0.2, 0) is 15.8 Å². The molecule has 0 spiro atoms. The predicted octanol–water partition coefficient (Wildman–Crippen LogP) is 2.52. The van der Waals surface area contributed by atoms with Crippen LogP contribution in [0.1, 0.15) is 29.8 Å². The highest BCUT2D eigenvalue weighted by Crippen LogP contribution is 2.32. The van der Waals surface area contributed by atoms with Crippen molar-refractivity contribution in [1.82, 2.24) is 9.80 Å². The Balaban J connectivity index is 2.31. The molecular formula is C18H20F3N3O3. The highest BCUT2D eigenvalue weighted by Gasteiger charge is 2.34. The molecule has 1 heterocycles. The molecule has 0 bridgehead atoms. The van der Waals surface area contributed by atoms with Crippen molar-refractivity contribution in [3.8, 4) is 0 Å². The first-order chi connectivity index (χ1) is 12.5. The first kappa shape index (κ1) is 20.5. The zero-order chi connectivity index (χ0) is 20.4. The summed E-state index contributed by atoms with van der Waals surface area (Å²) in [5, 5.41) is 2.28. The van der Waals surface area contributed by atoms with Crippen LogP contribution in [0.15, 0.2) is 30.9 Å². The Hall–Kier alpha value is -2.84. The minimum absolute atomic E-state index is 0.103. The van der Waals surface area contributed by atoms with Crippen LogP contribution in [0.5, 0.6) is 0 Å². The van der Waals surface area contributed by atoms with Gasteiger partial charge < -0.3 is 15.1 Å². The third kappa shape index (κ3) is 4.87. The molecule has 27 heavy (non-hydrogen) atoms. The topological polar surface area (TPSA) is 69.7 Å². The molecule has 3 amide bonds. The number of anilines is 1. The van der Waals surface area contributed by atoms with Gasteiger partial charge in [-0.1, -0.05) is 6.58 Å². The van der Waals surface area contributed by atoms with E-state index in [0.717, 1.165) is 12.1 Å². The van der Waals surface area contributed by atoms with Gasteiger partial charge in [-0.3, -0.25) is 14.4 Å². The number of carbonyl (C=O) groups excluding carboxylic acids is 3. The van der Waals surface area contributed by atoms with Crippen LogP contribution >= 0.6 is 0 Å². The fraction of sp³-hybridized carbons (Fsp3) is 0.389. The second-order valence-corrected chi connectivity index (χ2v) is 6.31. The van der Waals surface area contributed by atoms with Crippen molar-refractivity contribution in [2.24, 2.45) is 0 Å². The molecule has 1 aromatic carbocycles. The monoisotopic (exact) mass is 383 g/mol. The van der Waals surface area contributed by atoms with Crippen LogP contribution in [0.25, 0.3) is 0 Å². The minimum Gasteiger partial charge on any atom is -0.335 e. The van der Waals surface area contributed by atoms with E-state index in [1.807, 2.05) is 0 Å². The van der Waals surface area contributed by atoms with Gasteiger partial charge in [0.05, 0.1) is 5.56 Å². The van der Waals surface area contributed by atoms with Crippen molar-refractivity contribution in [3.05, 3.63) is 42.0 Å². The highest BCUT2D eigenvalue weighted by atomic mass is 19.4. The lowest BCUT2D eigenvalue weighted by atomic mass is 10.1. The fourth-order valence-electron chi connectivity index (χ4n) is 2.94. The number of benzene rings is 1. The van der Waals surface area contributed by atoms with Gasteiger partial charge in [0, 0.05) is 43.9 Å².